The lowest BCUT2D eigenvalue weighted by Gasteiger charge is -2.32. The average Bonchev–Trinajstić information content (AvgIpc) is 2.94. The molecule has 1 fully saturated rings. The summed E-state index contributed by atoms with van der Waals surface area (Å²) in [5.74, 6) is 0. The fourth-order valence-corrected chi connectivity index (χ4v) is 2.90. The third-order valence-corrected chi connectivity index (χ3v) is 4.95. The van der Waals surface area contributed by atoms with Gasteiger partial charge in [0.15, 0.2) is 0 Å². The van der Waals surface area contributed by atoms with Gasteiger partial charge in [-0.3, -0.25) is 0 Å². The highest BCUT2D eigenvalue weighted by atomic mass is 32.1. The minimum Gasteiger partial charge on any atom is -0.399 e. The van der Waals surface area contributed by atoms with Crippen LogP contribution in [0.3, 0.4) is 0 Å². The van der Waals surface area contributed by atoms with Gasteiger partial charge in [0.1, 0.15) is 6.33 Å². The van der Waals surface area contributed by atoms with E-state index < -0.39 is 0 Å². The molecular formula is C14H17BN2O2S. The zero-order valence-electron chi connectivity index (χ0n) is 12.1. The third kappa shape index (κ3) is 2.28. The van der Waals surface area contributed by atoms with Crippen LogP contribution in [-0.2, 0) is 9.31 Å². The topological polar surface area (TPSA) is 44.2 Å². The van der Waals surface area contributed by atoms with Crippen molar-refractivity contribution >= 4 is 23.2 Å². The maximum Gasteiger partial charge on any atom is 0.505 e. The summed E-state index contributed by atoms with van der Waals surface area (Å²) < 4.78 is 13.2. The summed E-state index contributed by atoms with van der Waals surface area (Å²) in [5, 5.41) is 2.08. The lowest BCUT2D eigenvalue weighted by molar-refractivity contribution is 0.00578. The van der Waals surface area contributed by atoms with Crippen LogP contribution in [0.5, 0.6) is 0 Å². The van der Waals surface area contributed by atoms with E-state index in [0.717, 1.165) is 15.9 Å². The quantitative estimate of drug-likeness (QED) is 0.796. The minimum atomic E-state index is -0.308. The van der Waals surface area contributed by atoms with Crippen molar-refractivity contribution in [1.29, 1.82) is 0 Å². The molecule has 1 aliphatic rings. The number of rotatable bonds is 2. The summed E-state index contributed by atoms with van der Waals surface area (Å²) in [6.07, 6.45) is 5.15. The minimum absolute atomic E-state index is 0.302. The molecule has 0 amide bonds. The summed E-state index contributed by atoms with van der Waals surface area (Å²) in [6.45, 7) is 8.25. The first kappa shape index (κ1) is 13.7. The molecule has 20 heavy (non-hydrogen) atoms. The van der Waals surface area contributed by atoms with Gasteiger partial charge < -0.3 is 9.31 Å². The van der Waals surface area contributed by atoms with Crippen LogP contribution in [0.4, 0.5) is 0 Å². The largest absolute Gasteiger partial charge is 0.505 e. The molecule has 3 heterocycles. The van der Waals surface area contributed by atoms with E-state index in [2.05, 4.69) is 49.1 Å². The number of thiophene rings is 1. The normalized spacial score (nSPS) is 20.3. The molecule has 0 saturated carbocycles. The Morgan fingerprint density at radius 2 is 1.60 bits per heavy atom. The summed E-state index contributed by atoms with van der Waals surface area (Å²) >= 11 is 1.64. The Bertz CT molecular complexity index is 597. The van der Waals surface area contributed by atoms with E-state index in [4.69, 9.17) is 9.31 Å². The average molecular weight is 288 g/mol. The summed E-state index contributed by atoms with van der Waals surface area (Å²) in [6, 6.07) is 2.09. The number of nitrogens with zero attached hydrogens (tertiary/aromatic N) is 2. The van der Waals surface area contributed by atoms with Gasteiger partial charge in [0.2, 0.25) is 0 Å². The zero-order valence-corrected chi connectivity index (χ0v) is 12.9. The highest BCUT2D eigenvalue weighted by molar-refractivity contribution is 7.21. The Hall–Kier alpha value is -1.24. The van der Waals surface area contributed by atoms with Crippen molar-refractivity contribution in [3.63, 3.8) is 0 Å². The Balaban J connectivity index is 1.86. The molecule has 0 N–H and O–H groups in total. The van der Waals surface area contributed by atoms with Crippen LogP contribution in [0.25, 0.3) is 11.1 Å². The second-order valence-corrected chi connectivity index (χ2v) is 6.90. The van der Waals surface area contributed by atoms with E-state index in [1.807, 2.05) is 12.4 Å². The summed E-state index contributed by atoms with van der Waals surface area (Å²) in [4.78, 5) is 8.09. The Morgan fingerprint density at radius 3 is 2.20 bits per heavy atom. The van der Waals surface area contributed by atoms with E-state index in [9.17, 15) is 0 Å². The number of hydrogen-bond acceptors (Lipinski definition) is 5. The van der Waals surface area contributed by atoms with Crippen molar-refractivity contribution in [2.45, 2.75) is 38.9 Å². The lowest BCUT2D eigenvalue weighted by Crippen LogP contribution is -2.41. The smallest absolute Gasteiger partial charge is 0.399 e. The van der Waals surface area contributed by atoms with E-state index >= 15 is 0 Å². The van der Waals surface area contributed by atoms with Gasteiger partial charge in [-0.05, 0) is 44.7 Å². The predicted octanol–water partition coefficient (Wildman–Crippen LogP) is 2.50. The molecule has 0 radical (unpaired) electrons. The van der Waals surface area contributed by atoms with Gasteiger partial charge in [-0.25, -0.2) is 9.97 Å². The molecular weight excluding hydrogens is 271 g/mol. The van der Waals surface area contributed by atoms with Crippen molar-refractivity contribution in [3.8, 4) is 11.1 Å². The predicted molar refractivity (Wildman–Crippen MR) is 81.1 cm³/mol. The van der Waals surface area contributed by atoms with Crippen LogP contribution >= 0.6 is 11.3 Å². The molecule has 0 bridgehead atoms. The van der Waals surface area contributed by atoms with Crippen LogP contribution < -0.4 is 4.78 Å². The molecule has 0 spiro atoms. The van der Waals surface area contributed by atoms with E-state index in [-0.39, 0.29) is 18.3 Å². The van der Waals surface area contributed by atoms with Crippen molar-refractivity contribution < 1.29 is 9.31 Å². The first-order valence-electron chi connectivity index (χ1n) is 6.58. The van der Waals surface area contributed by atoms with E-state index in [1.54, 1.807) is 11.3 Å². The van der Waals surface area contributed by atoms with Crippen LogP contribution in [0.2, 0.25) is 0 Å². The standard InChI is InChI=1S/C14H17BN2O2S/c1-13(2)14(3,4)19-15(18-13)12-5-10(8-20-12)11-6-16-9-17-7-11/h5-9H,1-4H3. The van der Waals surface area contributed by atoms with Crippen molar-refractivity contribution in [3.05, 3.63) is 30.2 Å². The van der Waals surface area contributed by atoms with Crippen molar-refractivity contribution in [1.82, 2.24) is 9.97 Å². The highest BCUT2D eigenvalue weighted by Gasteiger charge is 2.52. The van der Waals surface area contributed by atoms with Crippen LogP contribution in [0, 0.1) is 0 Å². The SMILES string of the molecule is CC1(C)OB(c2cc(-c3cncnc3)cs2)OC1(C)C. The van der Waals surface area contributed by atoms with Gasteiger partial charge in [0.25, 0.3) is 0 Å². The maximum atomic E-state index is 6.06. The van der Waals surface area contributed by atoms with Crippen LogP contribution in [0.1, 0.15) is 27.7 Å². The van der Waals surface area contributed by atoms with Gasteiger partial charge in [0.05, 0.1) is 11.2 Å². The molecule has 2 aromatic heterocycles. The molecule has 1 saturated heterocycles. The van der Waals surface area contributed by atoms with Gasteiger partial charge in [-0.2, -0.15) is 11.3 Å². The zero-order chi connectivity index (χ0) is 14.4. The fourth-order valence-electron chi connectivity index (χ4n) is 2.04. The molecule has 104 valence electrons. The molecule has 4 nitrogen and oxygen atoms in total. The monoisotopic (exact) mass is 288 g/mol. The second-order valence-electron chi connectivity index (χ2n) is 5.95. The fraction of sp³-hybridized carbons (Fsp3) is 0.429. The molecule has 0 unspecified atom stereocenters. The number of hydrogen-bond donors (Lipinski definition) is 0. The molecule has 1 aliphatic heterocycles. The third-order valence-electron chi connectivity index (χ3n) is 4.00. The molecule has 0 aliphatic carbocycles. The molecule has 2 aromatic rings. The van der Waals surface area contributed by atoms with E-state index in [1.165, 1.54) is 6.33 Å². The summed E-state index contributed by atoms with van der Waals surface area (Å²) in [5.41, 5.74) is 1.49. The first-order valence-corrected chi connectivity index (χ1v) is 7.46. The van der Waals surface area contributed by atoms with Gasteiger partial charge >= 0.3 is 7.12 Å². The van der Waals surface area contributed by atoms with Crippen molar-refractivity contribution in [2.24, 2.45) is 0 Å². The molecule has 0 aromatic carbocycles. The maximum absolute atomic E-state index is 6.06. The lowest BCUT2D eigenvalue weighted by atomic mass is 9.87. The van der Waals surface area contributed by atoms with Gasteiger partial charge in [0, 0.05) is 22.7 Å². The Kier molecular flexibility index (Phi) is 3.19. The van der Waals surface area contributed by atoms with Gasteiger partial charge in [-0.1, -0.05) is 0 Å². The van der Waals surface area contributed by atoms with Gasteiger partial charge in [-0.15, -0.1) is 0 Å². The highest BCUT2D eigenvalue weighted by Crippen LogP contribution is 2.37. The van der Waals surface area contributed by atoms with E-state index in [0.29, 0.717) is 0 Å². The molecule has 0 atom stereocenters. The summed E-state index contributed by atoms with van der Waals surface area (Å²) in [7, 11) is -0.302. The Morgan fingerprint density at radius 1 is 1.00 bits per heavy atom. The van der Waals surface area contributed by atoms with Crippen molar-refractivity contribution in [2.75, 3.05) is 0 Å². The Labute approximate surface area is 123 Å². The molecule has 3 rings (SSSR count). The van der Waals surface area contributed by atoms with Crippen LogP contribution in [-0.4, -0.2) is 28.3 Å². The molecule has 6 heteroatoms. The first-order chi connectivity index (χ1) is 9.39. The number of aromatic nitrogens is 2. The second kappa shape index (κ2) is 4.65. The van der Waals surface area contributed by atoms with Crippen LogP contribution in [0.15, 0.2) is 30.2 Å².